The highest BCUT2D eigenvalue weighted by molar-refractivity contribution is 7.98. The van der Waals surface area contributed by atoms with E-state index in [-0.39, 0.29) is 0 Å². The minimum atomic E-state index is 0.502. The third-order valence-corrected chi connectivity index (χ3v) is 3.75. The Morgan fingerprint density at radius 3 is 2.59 bits per heavy atom. The second-order valence-electron chi connectivity index (χ2n) is 4.43. The molecule has 96 valence electrons. The van der Waals surface area contributed by atoms with Crippen LogP contribution in [0.3, 0.4) is 0 Å². The predicted octanol–water partition coefficient (Wildman–Crippen LogP) is 2.59. The lowest BCUT2D eigenvalue weighted by Crippen LogP contribution is -2.37. The Hall–Kier alpha value is -0.510. The van der Waals surface area contributed by atoms with Gasteiger partial charge in [0.15, 0.2) is 0 Å². The molecule has 0 aliphatic carbocycles. The Bertz CT molecular complexity index is 290. The van der Waals surface area contributed by atoms with Gasteiger partial charge in [0.1, 0.15) is 0 Å². The highest BCUT2D eigenvalue weighted by Gasteiger charge is 2.12. The van der Waals surface area contributed by atoms with Crippen molar-refractivity contribution >= 4 is 11.8 Å². The van der Waals surface area contributed by atoms with Gasteiger partial charge in [-0.3, -0.25) is 4.90 Å². The van der Waals surface area contributed by atoms with Crippen molar-refractivity contribution in [3.63, 3.8) is 0 Å². The molecule has 0 spiro atoms. The van der Waals surface area contributed by atoms with Crippen LogP contribution in [0.25, 0.3) is 0 Å². The molecule has 0 aromatic heterocycles. The molecule has 0 amide bonds. The molecule has 3 heteroatoms. The van der Waals surface area contributed by atoms with Gasteiger partial charge in [-0.15, -0.1) is 0 Å². The first-order chi connectivity index (χ1) is 8.27. The summed E-state index contributed by atoms with van der Waals surface area (Å²) in [5.74, 6) is 1.23. The van der Waals surface area contributed by atoms with E-state index in [1.54, 1.807) is 0 Å². The molecule has 1 unspecified atom stereocenters. The van der Waals surface area contributed by atoms with Crippen molar-refractivity contribution in [3.05, 3.63) is 35.9 Å². The van der Waals surface area contributed by atoms with Crippen molar-refractivity contribution in [3.8, 4) is 0 Å². The van der Waals surface area contributed by atoms with Gasteiger partial charge in [-0.05, 0) is 37.5 Å². The van der Waals surface area contributed by atoms with Gasteiger partial charge in [0, 0.05) is 19.1 Å². The van der Waals surface area contributed by atoms with Crippen molar-refractivity contribution in [2.24, 2.45) is 5.73 Å². The van der Waals surface area contributed by atoms with Gasteiger partial charge in [-0.2, -0.15) is 11.8 Å². The summed E-state index contributed by atoms with van der Waals surface area (Å²) in [6, 6.07) is 11.1. The van der Waals surface area contributed by atoms with Crippen LogP contribution in [-0.2, 0) is 6.54 Å². The van der Waals surface area contributed by atoms with Gasteiger partial charge in [0.2, 0.25) is 0 Å². The smallest absolute Gasteiger partial charge is 0.0234 e. The van der Waals surface area contributed by atoms with E-state index in [0.29, 0.717) is 6.04 Å². The summed E-state index contributed by atoms with van der Waals surface area (Å²) < 4.78 is 0. The second kappa shape index (κ2) is 8.56. The number of thioether (sulfide) groups is 1. The first-order valence-electron chi connectivity index (χ1n) is 6.21. The van der Waals surface area contributed by atoms with E-state index < -0.39 is 0 Å². The summed E-state index contributed by atoms with van der Waals surface area (Å²) in [6.45, 7) is 1.74. The maximum atomic E-state index is 5.86. The van der Waals surface area contributed by atoms with Gasteiger partial charge in [0.25, 0.3) is 0 Å². The highest BCUT2D eigenvalue weighted by Crippen LogP contribution is 2.11. The molecule has 1 atom stereocenters. The van der Waals surface area contributed by atoms with Crippen molar-refractivity contribution in [2.75, 3.05) is 25.6 Å². The maximum Gasteiger partial charge on any atom is 0.0234 e. The van der Waals surface area contributed by atoms with E-state index in [4.69, 9.17) is 5.73 Å². The summed E-state index contributed by atoms with van der Waals surface area (Å²) in [6.07, 6.45) is 4.61. The maximum absolute atomic E-state index is 5.86. The van der Waals surface area contributed by atoms with Crippen molar-refractivity contribution in [1.82, 2.24) is 4.90 Å². The summed E-state index contributed by atoms with van der Waals surface area (Å²) >= 11 is 1.91. The average molecular weight is 252 g/mol. The van der Waals surface area contributed by atoms with Gasteiger partial charge >= 0.3 is 0 Å². The summed E-state index contributed by atoms with van der Waals surface area (Å²) in [5.41, 5.74) is 7.22. The molecule has 2 nitrogen and oxygen atoms in total. The Balaban J connectivity index is 2.40. The van der Waals surface area contributed by atoms with Crippen LogP contribution in [0.1, 0.15) is 18.4 Å². The van der Waals surface area contributed by atoms with Crippen molar-refractivity contribution < 1.29 is 0 Å². The minimum Gasteiger partial charge on any atom is -0.329 e. The molecule has 0 saturated heterocycles. The molecule has 0 radical (unpaired) electrons. The summed E-state index contributed by atoms with van der Waals surface area (Å²) in [4.78, 5) is 2.37. The van der Waals surface area contributed by atoms with Crippen LogP contribution in [0.4, 0.5) is 0 Å². The standard InChI is InChI=1S/C14H24N2S/c1-16(12-13-7-4-3-5-8-13)14(11-15)9-6-10-17-2/h3-5,7-8,14H,6,9-12,15H2,1-2H3. The molecular weight excluding hydrogens is 228 g/mol. The third-order valence-electron chi connectivity index (χ3n) is 3.06. The zero-order chi connectivity index (χ0) is 12.5. The quantitative estimate of drug-likeness (QED) is 0.721. The lowest BCUT2D eigenvalue weighted by molar-refractivity contribution is 0.226. The first kappa shape index (κ1) is 14.6. The SMILES string of the molecule is CSCCCC(CN)N(C)Cc1ccccc1. The predicted molar refractivity (Wildman–Crippen MR) is 78.4 cm³/mol. The normalized spacial score (nSPS) is 12.9. The Morgan fingerprint density at radius 1 is 1.29 bits per heavy atom. The van der Waals surface area contributed by atoms with Crippen LogP contribution in [0, 0.1) is 0 Å². The van der Waals surface area contributed by atoms with Crippen LogP contribution in [0.5, 0.6) is 0 Å². The molecule has 1 aromatic carbocycles. The minimum absolute atomic E-state index is 0.502. The number of nitrogens with two attached hydrogens (primary N) is 1. The van der Waals surface area contributed by atoms with Crippen LogP contribution >= 0.6 is 11.8 Å². The lowest BCUT2D eigenvalue weighted by atomic mass is 10.1. The number of likely N-dealkylation sites (N-methyl/N-ethyl adjacent to an activating group) is 1. The van der Waals surface area contributed by atoms with E-state index in [0.717, 1.165) is 13.1 Å². The van der Waals surface area contributed by atoms with Crippen LogP contribution in [0.2, 0.25) is 0 Å². The highest BCUT2D eigenvalue weighted by atomic mass is 32.2. The second-order valence-corrected chi connectivity index (χ2v) is 5.41. The van der Waals surface area contributed by atoms with E-state index in [9.17, 15) is 0 Å². The summed E-state index contributed by atoms with van der Waals surface area (Å²) in [7, 11) is 2.17. The molecule has 0 aliphatic rings. The molecule has 0 aliphatic heterocycles. The van der Waals surface area contributed by atoms with E-state index in [1.165, 1.54) is 24.2 Å². The zero-order valence-electron chi connectivity index (χ0n) is 10.9. The number of rotatable bonds is 8. The number of hydrogen-bond acceptors (Lipinski definition) is 3. The topological polar surface area (TPSA) is 29.3 Å². The molecular formula is C14H24N2S. The van der Waals surface area contributed by atoms with Crippen molar-refractivity contribution in [1.29, 1.82) is 0 Å². The van der Waals surface area contributed by atoms with E-state index in [1.807, 2.05) is 11.8 Å². The van der Waals surface area contributed by atoms with Crippen LogP contribution < -0.4 is 5.73 Å². The molecule has 2 N–H and O–H groups in total. The zero-order valence-corrected chi connectivity index (χ0v) is 11.7. The Kier molecular flexibility index (Phi) is 7.33. The Labute approximate surface area is 110 Å². The van der Waals surface area contributed by atoms with Crippen LogP contribution in [0.15, 0.2) is 30.3 Å². The first-order valence-corrected chi connectivity index (χ1v) is 7.60. The van der Waals surface area contributed by atoms with E-state index in [2.05, 4.69) is 48.5 Å². The third kappa shape index (κ3) is 5.57. The fourth-order valence-electron chi connectivity index (χ4n) is 1.98. The fourth-order valence-corrected chi connectivity index (χ4v) is 2.44. The van der Waals surface area contributed by atoms with Gasteiger partial charge in [-0.1, -0.05) is 30.3 Å². The molecule has 0 fully saturated rings. The van der Waals surface area contributed by atoms with Gasteiger partial charge < -0.3 is 5.73 Å². The molecule has 1 rings (SSSR count). The fraction of sp³-hybridized carbons (Fsp3) is 0.571. The number of nitrogens with zero attached hydrogens (tertiary/aromatic N) is 1. The average Bonchev–Trinajstić information content (AvgIpc) is 2.36. The van der Waals surface area contributed by atoms with E-state index >= 15 is 0 Å². The monoisotopic (exact) mass is 252 g/mol. The van der Waals surface area contributed by atoms with Gasteiger partial charge in [-0.25, -0.2) is 0 Å². The lowest BCUT2D eigenvalue weighted by Gasteiger charge is -2.27. The van der Waals surface area contributed by atoms with Crippen molar-refractivity contribution in [2.45, 2.75) is 25.4 Å². The summed E-state index contributed by atoms with van der Waals surface area (Å²) in [5, 5.41) is 0. The molecule has 0 saturated carbocycles. The molecule has 0 bridgehead atoms. The molecule has 0 heterocycles. The molecule has 1 aromatic rings. The number of hydrogen-bond donors (Lipinski definition) is 1. The Morgan fingerprint density at radius 2 is 2.00 bits per heavy atom. The molecule has 17 heavy (non-hydrogen) atoms. The van der Waals surface area contributed by atoms with Crippen LogP contribution in [-0.4, -0.2) is 36.5 Å². The number of benzene rings is 1. The van der Waals surface area contributed by atoms with Gasteiger partial charge in [0.05, 0.1) is 0 Å². The largest absolute Gasteiger partial charge is 0.329 e.